The first kappa shape index (κ1) is 20.8. The van der Waals surface area contributed by atoms with Crippen LogP contribution in [0.4, 0.5) is 19.1 Å². The van der Waals surface area contributed by atoms with Crippen LogP contribution in [-0.4, -0.2) is 50.6 Å². The second-order valence-electron chi connectivity index (χ2n) is 9.74. The van der Waals surface area contributed by atoms with Gasteiger partial charge in [-0.1, -0.05) is 0 Å². The summed E-state index contributed by atoms with van der Waals surface area (Å²) in [5.74, 6) is 0.292. The number of hydrogen-bond donors (Lipinski definition) is 0. The van der Waals surface area contributed by atoms with Gasteiger partial charge in [0.25, 0.3) is 0 Å². The van der Waals surface area contributed by atoms with Crippen molar-refractivity contribution in [1.29, 1.82) is 0 Å². The Morgan fingerprint density at radius 3 is 2.64 bits per heavy atom. The van der Waals surface area contributed by atoms with Gasteiger partial charge in [-0.05, 0) is 44.2 Å². The van der Waals surface area contributed by atoms with Crippen molar-refractivity contribution < 1.29 is 17.9 Å². The Morgan fingerprint density at radius 1 is 1.12 bits per heavy atom. The van der Waals surface area contributed by atoms with Crippen LogP contribution in [0.25, 0.3) is 11.0 Å². The third-order valence-electron chi connectivity index (χ3n) is 7.60. The number of rotatable bonds is 3. The van der Waals surface area contributed by atoms with Gasteiger partial charge in [-0.3, -0.25) is 4.68 Å². The van der Waals surface area contributed by atoms with Gasteiger partial charge in [-0.25, -0.2) is 9.97 Å². The first-order valence-electron chi connectivity index (χ1n) is 11.3. The van der Waals surface area contributed by atoms with Gasteiger partial charge in [0.15, 0.2) is 5.65 Å². The largest absolute Gasteiger partial charge is 0.394 e. The van der Waals surface area contributed by atoms with E-state index in [-0.39, 0.29) is 37.2 Å². The molecule has 4 heterocycles. The summed E-state index contributed by atoms with van der Waals surface area (Å²) in [6.45, 7) is 3.54. The molecule has 0 unspecified atom stereocenters. The lowest BCUT2D eigenvalue weighted by atomic mass is 9.68. The number of aryl methyl sites for hydroxylation is 2. The summed E-state index contributed by atoms with van der Waals surface area (Å²) in [6.07, 6.45) is -0.137. The highest BCUT2D eigenvalue weighted by Crippen LogP contribution is 2.70. The summed E-state index contributed by atoms with van der Waals surface area (Å²) in [7, 11) is 1.86. The van der Waals surface area contributed by atoms with Crippen molar-refractivity contribution in [1.82, 2.24) is 24.7 Å². The Kier molecular flexibility index (Phi) is 4.50. The van der Waals surface area contributed by atoms with E-state index in [0.717, 1.165) is 16.6 Å². The first-order valence-corrected chi connectivity index (χ1v) is 11.3. The minimum Gasteiger partial charge on any atom is -0.370 e. The standard InChI is InChI=1S/C23H25F3N6O/c1-13-3-4-16-19(17-9-22(23(24,25)26)7-14(17)8-22)29-21(30-20(16)28-13)32-5-6-33-18(12-32)15-10-27-31(2)11-15/h3-4,10-11,14,17-18H,5-9,12H2,1-2H3/t14?,17-,18-,22?/m1/s1. The summed E-state index contributed by atoms with van der Waals surface area (Å²) < 4.78 is 48.9. The predicted octanol–water partition coefficient (Wildman–Crippen LogP) is 4.09. The van der Waals surface area contributed by atoms with Crippen molar-refractivity contribution in [2.24, 2.45) is 18.4 Å². The summed E-state index contributed by atoms with van der Waals surface area (Å²) in [4.78, 5) is 16.3. The first-order chi connectivity index (χ1) is 15.7. The monoisotopic (exact) mass is 458 g/mol. The van der Waals surface area contributed by atoms with Crippen LogP contribution in [0.15, 0.2) is 24.5 Å². The van der Waals surface area contributed by atoms with Crippen LogP contribution in [0.2, 0.25) is 0 Å². The molecule has 1 aliphatic heterocycles. The number of pyridine rings is 1. The molecule has 7 rings (SSSR count). The molecular formula is C23H25F3N6O. The third kappa shape index (κ3) is 3.29. The van der Waals surface area contributed by atoms with Crippen molar-refractivity contribution in [3.05, 3.63) is 41.5 Å². The molecule has 0 amide bonds. The van der Waals surface area contributed by atoms with E-state index in [0.29, 0.717) is 37.0 Å². The number of morpholine rings is 1. The fraction of sp³-hybridized carbons (Fsp3) is 0.565. The van der Waals surface area contributed by atoms with E-state index in [9.17, 15) is 13.2 Å². The predicted molar refractivity (Wildman–Crippen MR) is 115 cm³/mol. The van der Waals surface area contributed by atoms with Gasteiger partial charge in [0, 0.05) is 42.4 Å². The maximum Gasteiger partial charge on any atom is 0.394 e. The van der Waals surface area contributed by atoms with E-state index in [4.69, 9.17) is 14.7 Å². The molecule has 0 radical (unpaired) electrons. The molecule has 174 valence electrons. The highest BCUT2D eigenvalue weighted by Gasteiger charge is 2.69. The van der Waals surface area contributed by atoms with E-state index >= 15 is 0 Å². The van der Waals surface area contributed by atoms with Gasteiger partial charge in [-0.15, -0.1) is 0 Å². The highest BCUT2D eigenvalue weighted by molar-refractivity contribution is 5.79. The minimum atomic E-state index is -4.17. The zero-order valence-electron chi connectivity index (χ0n) is 18.5. The Bertz CT molecular complexity index is 1220. The number of fused-ring (bicyclic) bond motifs is 2. The van der Waals surface area contributed by atoms with Crippen LogP contribution in [0.3, 0.4) is 0 Å². The van der Waals surface area contributed by atoms with Gasteiger partial charge in [0.2, 0.25) is 5.95 Å². The number of aromatic nitrogens is 5. The van der Waals surface area contributed by atoms with Gasteiger partial charge in [0.1, 0.15) is 6.10 Å². The van der Waals surface area contributed by atoms with Crippen molar-refractivity contribution in [2.45, 2.75) is 44.4 Å². The second-order valence-corrected chi connectivity index (χ2v) is 9.74. The molecule has 3 aromatic rings. The molecule has 4 aliphatic rings. The van der Waals surface area contributed by atoms with E-state index < -0.39 is 11.6 Å². The lowest BCUT2D eigenvalue weighted by Gasteiger charge is -2.39. The molecule has 3 aromatic heterocycles. The average Bonchev–Trinajstić information content (AvgIpc) is 3.46. The number of ether oxygens (including phenoxy) is 1. The fourth-order valence-electron chi connectivity index (χ4n) is 5.83. The van der Waals surface area contributed by atoms with Gasteiger partial charge >= 0.3 is 6.18 Å². The number of alkyl halides is 3. The Morgan fingerprint density at radius 2 is 1.94 bits per heavy atom. The number of nitrogens with zero attached hydrogens (tertiary/aromatic N) is 6. The molecule has 2 atom stereocenters. The number of halogens is 3. The van der Waals surface area contributed by atoms with Crippen LogP contribution >= 0.6 is 0 Å². The van der Waals surface area contributed by atoms with Crippen molar-refractivity contribution in [3.63, 3.8) is 0 Å². The lowest BCUT2D eigenvalue weighted by Crippen LogP contribution is -2.42. The molecule has 4 fully saturated rings. The highest BCUT2D eigenvalue weighted by atomic mass is 19.4. The SMILES string of the molecule is Cc1ccc2c([C@@H]3CC4(C(F)(F)F)CC3C4)nc(N3CCO[C@@H](c4cnn(C)c4)C3)nc2n1. The maximum absolute atomic E-state index is 13.7. The summed E-state index contributed by atoms with van der Waals surface area (Å²) in [5.41, 5.74) is 1.49. The normalized spacial score (nSPS) is 29.5. The van der Waals surface area contributed by atoms with Gasteiger partial charge in [-0.2, -0.15) is 23.3 Å². The summed E-state index contributed by atoms with van der Waals surface area (Å²) in [6, 6.07) is 3.78. The van der Waals surface area contributed by atoms with E-state index in [1.165, 1.54) is 0 Å². The molecule has 10 heteroatoms. The third-order valence-corrected chi connectivity index (χ3v) is 7.60. The van der Waals surface area contributed by atoms with E-state index in [1.54, 1.807) is 10.9 Å². The minimum absolute atomic E-state index is 0.00621. The molecule has 7 nitrogen and oxygen atoms in total. The molecular weight excluding hydrogens is 433 g/mol. The fourth-order valence-corrected chi connectivity index (χ4v) is 5.83. The zero-order chi connectivity index (χ0) is 23.0. The Labute approximate surface area is 189 Å². The molecule has 1 saturated heterocycles. The summed E-state index contributed by atoms with van der Waals surface area (Å²) in [5, 5.41) is 4.99. The Balaban J connectivity index is 1.38. The van der Waals surface area contributed by atoms with E-state index in [2.05, 4.69) is 10.1 Å². The molecule has 0 aromatic carbocycles. The van der Waals surface area contributed by atoms with Crippen molar-refractivity contribution >= 4 is 17.0 Å². The second kappa shape index (κ2) is 7.12. The average molecular weight is 458 g/mol. The molecule has 0 spiro atoms. The quantitative estimate of drug-likeness (QED) is 0.589. The van der Waals surface area contributed by atoms with Crippen molar-refractivity contribution in [2.75, 3.05) is 24.6 Å². The maximum atomic E-state index is 13.7. The molecule has 0 N–H and O–H groups in total. The smallest absolute Gasteiger partial charge is 0.370 e. The number of hydrogen-bond acceptors (Lipinski definition) is 6. The van der Waals surface area contributed by atoms with Gasteiger partial charge < -0.3 is 9.64 Å². The lowest BCUT2D eigenvalue weighted by molar-refractivity contribution is -0.244. The molecule has 3 saturated carbocycles. The molecule has 2 bridgehead atoms. The molecule has 33 heavy (non-hydrogen) atoms. The van der Waals surface area contributed by atoms with Crippen LogP contribution in [0.5, 0.6) is 0 Å². The zero-order valence-corrected chi connectivity index (χ0v) is 18.5. The molecule has 3 aliphatic carbocycles. The number of anilines is 1. The van der Waals surface area contributed by atoms with E-state index in [1.807, 2.05) is 37.2 Å². The topological polar surface area (TPSA) is 69.0 Å². The van der Waals surface area contributed by atoms with Crippen molar-refractivity contribution in [3.8, 4) is 0 Å². The Hall–Kier alpha value is -2.75. The summed E-state index contributed by atoms with van der Waals surface area (Å²) >= 11 is 0. The van der Waals surface area contributed by atoms with Crippen LogP contribution < -0.4 is 4.90 Å². The van der Waals surface area contributed by atoms with Gasteiger partial charge in [0.05, 0.1) is 30.5 Å². The van der Waals surface area contributed by atoms with Crippen LogP contribution in [0, 0.1) is 18.3 Å². The van der Waals surface area contributed by atoms with Crippen LogP contribution in [0.1, 0.15) is 48.2 Å². The van der Waals surface area contributed by atoms with Crippen LogP contribution in [-0.2, 0) is 11.8 Å².